The minimum absolute atomic E-state index is 0.0302. The fraction of sp³-hybridized carbons (Fsp3) is 0.355. The molecule has 0 aliphatic carbocycles. The molecule has 0 saturated heterocycles. The highest BCUT2D eigenvalue weighted by Crippen LogP contribution is 2.30. The van der Waals surface area contributed by atoms with Gasteiger partial charge in [0.2, 0.25) is 0 Å². The van der Waals surface area contributed by atoms with Crippen molar-refractivity contribution in [1.82, 2.24) is 4.90 Å². The van der Waals surface area contributed by atoms with Crippen LogP contribution in [-0.2, 0) is 22.1 Å². The van der Waals surface area contributed by atoms with E-state index in [-0.39, 0.29) is 38.5 Å². The van der Waals surface area contributed by atoms with E-state index < -0.39 is 29.9 Å². The van der Waals surface area contributed by atoms with Crippen molar-refractivity contribution in [2.45, 2.75) is 38.5 Å². The van der Waals surface area contributed by atoms with Crippen molar-refractivity contribution >= 4 is 35.3 Å². The third-order valence-electron chi connectivity index (χ3n) is 6.19. The van der Waals surface area contributed by atoms with Crippen molar-refractivity contribution in [1.29, 1.82) is 0 Å². The summed E-state index contributed by atoms with van der Waals surface area (Å²) in [5.41, 5.74) is -0.104. The summed E-state index contributed by atoms with van der Waals surface area (Å²) in [6.07, 6.45) is -4.93. The number of halogens is 5. The van der Waals surface area contributed by atoms with Crippen LogP contribution in [-0.4, -0.2) is 61.1 Å². The summed E-state index contributed by atoms with van der Waals surface area (Å²) < 4.78 is 60.7. The minimum Gasteiger partial charge on any atom is -0.493 e. The molecular weight excluding hydrogens is 626 g/mol. The topological polar surface area (TPSA) is 94.5 Å². The molecule has 0 heterocycles. The molecule has 1 N–H and O–H groups in total. The molecule has 0 radical (unpaired) electrons. The Morgan fingerprint density at radius 1 is 0.841 bits per heavy atom. The van der Waals surface area contributed by atoms with Gasteiger partial charge in [-0.05, 0) is 79.9 Å². The van der Waals surface area contributed by atoms with Gasteiger partial charge in [-0.3, -0.25) is 0 Å². The van der Waals surface area contributed by atoms with Crippen LogP contribution in [0.15, 0.2) is 66.7 Å². The Hall–Kier alpha value is -3.67. The monoisotopic (exact) mass is 657 g/mol. The van der Waals surface area contributed by atoms with Crippen LogP contribution in [0.3, 0.4) is 0 Å². The van der Waals surface area contributed by atoms with Crippen LogP contribution in [0.1, 0.15) is 30.9 Å². The maximum absolute atomic E-state index is 13.0. The molecule has 8 nitrogen and oxygen atoms in total. The number of carbonyl (C=O) groups excluding carboxylic acids is 1. The Morgan fingerprint density at radius 2 is 1.45 bits per heavy atom. The molecule has 0 aliphatic heterocycles. The zero-order chi connectivity index (χ0) is 32.1. The number of nitrogens with zero attached hydrogens (tertiary/aromatic N) is 1. The zero-order valence-electron chi connectivity index (χ0n) is 23.8. The third kappa shape index (κ3) is 11.8. The lowest BCUT2D eigenvalue weighted by Gasteiger charge is -2.22. The van der Waals surface area contributed by atoms with E-state index in [1.165, 1.54) is 4.90 Å². The number of hydrogen-bond donors (Lipinski definition) is 1. The standard InChI is InChI=1S/C31H32Cl2F3NO7/c1-2-41-28(29(38)39)17-21-5-9-25(10-6-21)43-16-14-37(13-3-4-15-42-27-19-23(32)18-24(33)20-27)30(40)44-26-11-7-22(8-12-26)31(34,35)36/h5-12,18-20,28H,2-4,13-17H2,1H3,(H,38,39). The van der Waals surface area contributed by atoms with Crippen molar-refractivity contribution in [3.05, 3.63) is 87.9 Å². The first-order valence-corrected chi connectivity index (χ1v) is 14.5. The smallest absolute Gasteiger partial charge is 0.416 e. The van der Waals surface area contributed by atoms with Gasteiger partial charge in [-0.25, -0.2) is 9.59 Å². The van der Waals surface area contributed by atoms with Crippen LogP contribution in [0.5, 0.6) is 17.2 Å². The van der Waals surface area contributed by atoms with Crippen LogP contribution < -0.4 is 14.2 Å². The average molecular weight is 658 g/mol. The zero-order valence-corrected chi connectivity index (χ0v) is 25.3. The van der Waals surface area contributed by atoms with Crippen molar-refractivity contribution in [2.75, 3.05) is 32.9 Å². The summed E-state index contributed by atoms with van der Waals surface area (Å²) in [4.78, 5) is 25.7. The Balaban J connectivity index is 1.56. The van der Waals surface area contributed by atoms with Gasteiger partial charge in [0, 0.05) is 29.6 Å². The van der Waals surface area contributed by atoms with E-state index in [2.05, 4.69) is 0 Å². The maximum Gasteiger partial charge on any atom is 0.416 e. The number of aliphatic carboxylic acids is 1. The van der Waals surface area contributed by atoms with E-state index in [1.54, 1.807) is 49.4 Å². The molecular formula is C31H32Cl2F3NO7. The van der Waals surface area contributed by atoms with Gasteiger partial charge in [0.05, 0.1) is 18.7 Å². The predicted molar refractivity (Wildman–Crippen MR) is 159 cm³/mol. The van der Waals surface area contributed by atoms with E-state index in [0.29, 0.717) is 41.0 Å². The van der Waals surface area contributed by atoms with Crippen LogP contribution in [0.25, 0.3) is 0 Å². The Labute approximate surface area is 263 Å². The van der Waals surface area contributed by atoms with Gasteiger partial charge < -0.3 is 29.0 Å². The number of benzene rings is 3. The summed E-state index contributed by atoms with van der Waals surface area (Å²) in [6.45, 7) is 2.80. The molecule has 1 unspecified atom stereocenters. The molecule has 1 atom stereocenters. The van der Waals surface area contributed by atoms with E-state index in [0.717, 1.165) is 29.8 Å². The van der Waals surface area contributed by atoms with Gasteiger partial charge in [-0.1, -0.05) is 35.3 Å². The number of carbonyl (C=O) groups is 2. The lowest BCUT2D eigenvalue weighted by atomic mass is 10.1. The first-order valence-electron chi connectivity index (χ1n) is 13.7. The fourth-order valence-electron chi connectivity index (χ4n) is 4.01. The third-order valence-corrected chi connectivity index (χ3v) is 6.63. The summed E-state index contributed by atoms with van der Waals surface area (Å²) >= 11 is 12.0. The molecule has 0 bridgehead atoms. The second-order valence-electron chi connectivity index (χ2n) is 9.52. The normalized spacial score (nSPS) is 12.0. The minimum atomic E-state index is -4.51. The van der Waals surface area contributed by atoms with E-state index in [1.807, 2.05) is 0 Å². The molecule has 1 amide bonds. The molecule has 0 saturated carbocycles. The molecule has 0 spiro atoms. The van der Waals surface area contributed by atoms with Gasteiger partial charge in [-0.15, -0.1) is 0 Å². The Bertz CT molecular complexity index is 1340. The summed E-state index contributed by atoms with van der Waals surface area (Å²) in [5, 5.41) is 10.2. The molecule has 44 heavy (non-hydrogen) atoms. The van der Waals surface area contributed by atoms with E-state index >= 15 is 0 Å². The summed E-state index contributed by atoms with van der Waals surface area (Å²) in [6, 6.07) is 15.5. The summed E-state index contributed by atoms with van der Waals surface area (Å²) in [7, 11) is 0. The van der Waals surface area contributed by atoms with Crippen LogP contribution in [0.2, 0.25) is 10.0 Å². The first-order chi connectivity index (χ1) is 20.9. The highest BCUT2D eigenvalue weighted by molar-refractivity contribution is 6.34. The molecule has 0 fully saturated rings. The van der Waals surface area contributed by atoms with Crippen molar-refractivity contribution in [3.63, 3.8) is 0 Å². The van der Waals surface area contributed by atoms with Gasteiger partial charge in [0.25, 0.3) is 0 Å². The second kappa shape index (κ2) is 17.0. The number of ether oxygens (including phenoxy) is 4. The van der Waals surface area contributed by atoms with Crippen LogP contribution in [0.4, 0.5) is 18.0 Å². The number of rotatable bonds is 16. The van der Waals surface area contributed by atoms with Crippen molar-refractivity contribution in [2.24, 2.45) is 0 Å². The number of carboxylic acids is 1. The predicted octanol–water partition coefficient (Wildman–Crippen LogP) is 7.78. The molecule has 13 heteroatoms. The number of hydrogen-bond acceptors (Lipinski definition) is 6. The van der Waals surface area contributed by atoms with Gasteiger partial charge in [0.1, 0.15) is 23.9 Å². The first kappa shape index (κ1) is 34.8. The molecule has 3 rings (SSSR count). The lowest BCUT2D eigenvalue weighted by molar-refractivity contribution is -0.150. The van der Waals surface area contributed by atoms with Gasteiger partial charge in [-0.2, -0.15) is 13.2 Å². The van der Waals surface area contributed by atoms with Crippen molar-refractivity contribution in [3.8, 4) is 17.2 Å². The average Bonchev–Trinajstić information content (AvgIpc) is 2.96. The number of carboxylic acid groups (broad SMARTS) is 1. The number of unbranched alkanes of at least 4 members (excludes halogenated alkanes) is 1. The Morgan fingerprint density at radius 3 is 2.05 bits per heavy atom. The SMILES string of the molecule is CCOC(Cc1ccc(OCCN(CCCCOc2cc(Cl)cc(Cl)c2)C(=O)Oc2ccc(C(F)(F)F)cc2)cc1)C(=O)O. The van der Waals surface area contributed by atoms with Crippen LogP contribution >= 0.6 is 23.2 Å². The Kier molecular flexibility index (Phi) is 13.4. The largest absolute Gasteiger partial charge is 0.493 e. The summed E-state index contributed by atoms with van der Waals surface area (Å²) in [5.74, 6) is -0.0632. The van der Waals surface area contributed by atoms with Gasteiger partial charge >= 0.3 is 18.2 Å². The highest BCUT2D eigenvalue weighted by atomic mass is 35.5. The molecule has 3 aromatic carbocycles. The quantitative estimate of drug-likeness (QED) is 0.157. The molecule has 0 aromatic heterocycles. The van der Waals surface area contributed by atoms with Gasteiger partial charge in [0.15, 0.2) is 6.10 Å². The van der Waals surface area contributed by atoms with Crippen LogP contribution in [0, 0.1) is 0 Å². The number of amides is 1. The molecule has 3 aromatic rings. The van der Waals surface area contributed by atoms with E-state index in [4.69, 9.17) is 42.1 Å². The lowest BCUT2D eigenvalue weighted by Crippen LogP contribution is -2.37. The second-order valence-corrected chi connectivity index (χ2v) is 10.4. The number of alkyl halides is 3. The highest BCUT2D eigenvalue weighted by Gasteiger charge is 2.30. The fourth-order valence-corrected chi connectivity index (χ4v) is 4.51. The van der Waals surface area contributed by atoms with Crippen molar-refractivity contribution < 1.29 is 46.8 Å². The maximum atomic E-state index is 13.0. The molecule has 238 valence electrons. The molecule has 0 aliphatic rings. The van der Waals surface area contributed by atoms with E-state index in [9.17, 15) is 27.9 Å².